The Balaban J connectivity index is 1.86. The number of anilines is 1. The fourth-order valence-electron chi connectivity index (χ4n) is 5.41. The predicted octanol–water partition coefficient (Wildman–Crippen LogP) is 6.36. The Hall–Kier alpha value is -2.55. The first-order chi connectivity index (χ1) is 16.5. The summed E-state index contributed by atoms with van der Waals surface area (Å²) < 4.78 is 72.3. The lowest BCUT2D eigenvalue weighted by Gasteiger charge is -2.32. The highest BCUT2D eigenvalue weighted by atomic mass is 32.2. The van der Waals surface area contributed by atoms with Crippen molar-refractivity contribution in [2.45, 2.75) is 69.7 Å². The van der Waals surface area contributed by atoms with Crippen LogP contribution in [0.4, 0.5) is 18.9 Å². The van der Waals surface area contributed by atoms with Gasteiger partial charge in [-0.1, -0.05) is 19.9 Å². The minimum absolute atomic E-state index is 0.0782. The summed E-state index contributed by atoms with van der Waals surface area (Å²) in [5.41, 5.74) is -0.840. The van der Waals surface area contributed by atoms with Gasteiger partial charge in [0, 0.05) is 6.54 Å². The Kier molecular flexibility index (Phi) is 6.26. The third kappa shape index (κ3) is 4.29. The minimum Gasteiger partial charge on any atom is -0.490 e. The van der Waals surface area contributed by atoms with E-state index in [2.05, 4.69) is 0 Å². The standard InChI is InChI=1S/C27H32F3NO4S/c1-6-31-21-12-9-19(15-22(21)35-17-25(4,5)23(31)32)26(14-13-24(2,3)16-26)36(33,34)20-10-7-18(8-11-20)27(28,29)30/h7-12,15H,6,13-14,16-17H2,1-5H3. The van der Waals surface area contributed by atoms with Gasteiger partial charge in [0.25, 0.3) is 0 Å². The molecule has 2 aromatic rings. The van der Waals surface area contributed by atoms with Crippen LogP contribution in [0, 0.1) is 10.8 Å². The Bertz CT molecular complexity index is 1280. The third-order valence-corrected chi connectivity index (χ3v) is 9.99. The number of rotatable bonds is 4. The molecule has 0 aromatic heterocycles. The number of amides is 1. The maximum atomic E-state index is 14.1. The molecule has 9 heteroatoms. The second kappa shape index (κ2) is 8.50. The van der Waals surface area contributed by atoms with Gasteiger partial charge in [0.15, 0.2) is 9.84 Å². The summed E-state index contributed by atoms with van der Waals surface area (Å²) in [4.78, 5) is 14.6. The van der Waals surface area contributed by atoms with Crippen LogP contribution >= 0.6 is 0 Å². The van der Waals surface area contributed by atoms with Crippen molar-refractivity contribution in [3.05, 3.63) is 53.6 Å². The molecule has 196 valence electrons. The highest BCUT2D eigenvalue weighted by molar-refractivity contribution is 7.92. The fraction of sp³-hybridized carbons (Fsp3) is 0.519. The first kappa shape index (κ1) is 26.5. The van der Waals surface area contributed by atoms with Crippen molar-refractivity contribution in [3.63, 3.8) is 0 Å². The highest BCUT2D eigenvalue weighted by Gasteiger charge is 2.54. The van der Waals surface area contributed by atoms with Gasteiger partial charge in [0.2, 0.25) is 5.91 Å². The Morgan fingerprint density at radius 1 is 1.00 bits per heavy atom. The molecule has 1 saturated carbocycles. The number of carbonyl (C=O) groups is 1. The number of hydrogen-bond acceptors (Lipinski definition) is 4. The topological polar surface area (TPSA) is 63.7 Å². The van der Waals surface area contributed by atoms with Gasteiger partial charge in [-0.3, -0.25) is 4.79 Å². The van der Waals surface area contributed by atoms with Crippen LogP contribution in [0.3, 0.4) is 0 Å². The number of benzene rings is 2. The van der Waals surface area contributed by atoms with Crippen LogP contribution in [0.5, 0.6) is 5.75 Å². The molecule has 2 aliphatic rings. The van der Waals surface area contributed by atoms with Crippen LogP contribution in [-0.2, 0) is 25.6 Å². The molecule has 1 aliphatic carbocycles. The summed E-state index contributed by atoms with van der Waals surface area (Å²) in [6.07, 6.45) is -3.29. The number of ether oxygens (including phenoxy) is 1. The van der Waals surface area contributed by atoms with Crippen LogP contribution in [0.25, 0.3) is 0 Å². The Labute approximate surface area is 210 Å². The summed E-state index contributed by atoms with van der Waals surface area (Å²) in [6, 6.07) is 8.87. The number of carbonyl (C=O) groups excluding carboxylic acids is 1. The average molecular weight is 524 g/mol. The van der Waals surface area contributed by atoms with Crippen molar-refractivity contribution in [3.8, 4) is 5.75 Å². The summed E-state index contributed by atoms with van der Waals surface area (Å²) >= 11 is 0. The zero-order chi connectivity index (χ0) is 26.7. The molecule has 0 N–H and O–H groups in total. The smallest absolute Gasteiger partial charge is 0.416 e. The van der Waals surface area contributed by atoms with E-state index in [4.69, 9.17) is 4.74 Å². The number of alkyl halides is 3. The summed E-state index contributed by atoms with van der Waals surface area (Å²) in [5.74, 6) is 0.352. The molecule has 5 nitrogen and oxygen atoms in total. The molecule has 0 bridgehead atoms. The van der Waals surface area contributed by atoms with Gasteiger partial charge in [0.05, 0.1) is 21.6 Å². The van der Waals surface area contributed by atoms with Gasteiger partial charge in [0.1, 0.15) is 17.1 Å². The highest BCUT2D eigenvalue weighted by Crippen LogP contribution is 2.56. The van der Waals surface area contributed by atoms with Gasteiger partial charge in [-0.05, 0) is 87.4 Å². The van der Waals surface area contributed by atoms with Gasteiger partial charge >= 0.3 is 6.18 Å². The van der Waals surface area contributed by atoms with E-state index in [1.807, 2.05) is 20.8 Å². The second-order valence-electron chi connectivity index (χ2n) is 11.3. The molecular formula is C27H32F3NO4S. The van der Waals surface area contributed by atoms with E-state index in [1.165, 1.54) is 0 Å². The molecule has 1 amide bonds. The van der Waals surface area contributed by atoms with E-state index >= 15 is 0 Å². The van der Waals surface area contributed by atoms with Crippen molar-refractivity contribution in [2.75, 3.05) is 18.1 Å². The molecule has 0 radical (unpaired) electrons. The molecule has 1 unspecified atom stereocenters. The van der Waals surface area contributed by atoms with E-state index in [0.29, 0.717) is 42.8 Å². The van der Waals surface area contributed by atoms with Crippen LogP contribution in [0.2, 0.25) is 0 Å². The average Bonchev–Trinajstić information content (AvgIpc) is 3.10. The first-order valence-electron chi connectivity index (χ1n) is 12.1. The zero-order valence-electron chi connectivity index (χ0n) is 21.2. The lowest BCUT2D eigenvalue weighted by atomic mass is 9.88. The van der Waals surface area contributed by atoms with E-state index in [-0.39, 0.29) is 22.8 Å². The summed E-state index contributed by atoms with van der Waals surface area (Å²) in [5, 5.41) is 0. The largest absolute Gasteiger partial charge is 0.490 e. The van der Waals surface area contributed by atoms with Crippen LogP contribution in [-0.4, -0.2) is 27.5 Å². The maximum Gasteiger partial charge on any atom is 0.416 e. The zero-order valence-corrected chi connectivity index (χ0v) is 22.0. The molecule has 0 spiro atoms. The van der Waals surface area contributed by atoms with E-state index in [9.17, 15) is 26.4 Å². The summed E-state index contributed by atoms with van der Waals surface area (Å²) in [7, 11) is -4.08. The number of hydrogen-bond donors (Lipinski definition) is 0. The lowest BCUT2D eigenvalue weighted by molar-refractivity contribution is -0.137. The quantitative estimate of drug-likeness (QED) is 0.468. The predicted molar refractivity (Wildman–Crippen MR) is 132 cm³/mol. The number of sulfone groups is 1. The fourth-order valence-corrected chi connectivity index (χ4v) is 7.75. The molecular weight excluding hydrogens is 491 g/mol. The van der Waals surface area contributed by atoms with Crippen molar-refractivity contribution in [1.82, 2.24) is 0 Å². The number of fused-ring (bicyclic) bond motifs is 1. The molecule has 1 heterocycles. The number of nitrogens with zero attached hydrogens (tertiary/aromatic N) is 1. The number of halogens is 3. The maximum absolute atomic E-state index is 14.1. The van der Waals surface area contributed by atoms with E-state index < -0.39 is 31.7 Å². The second-order valence-corrected chi connectivity index (χ2v) is 13.5. The molecule has 1 fully saturated rings. The third-order valence-electron chi connectivity index (χ3n) is 7.48. The Morgan fingerprint density at radius 2 is 1.64 bits per heavy atom. The van der Waals surface area contributed by atoms with Crippen molar-refractivity contribution in [1.29, 1.82) is 0 Å². The van der Waals surface area contributed by atoms with Crippen molar-refractivity contribution < 1.29 is 31.1 Å². The van der Waals surface area contributed by atoms with E-state index in [1.54, 1.807) is 36.9 Å². The van der Waals surface area contributed by atoms with Gasteiger partial charge in [-0.2, -0.15) is 13.2 Å². The SMILES string of the molecule is CCN1C(=O)C(C)(C)COc2cc(C3(S(=O)(=O)c4ccc(C(F)(F)F)cc4)CCC(C)(C)C3)ccc21. The lowest BCUT2D eigenvalue weighted by Crippen LogP contribution is -2.42. The van der Waals surface area contributed by atoms with Gasteiger partial charge in [-0.15, -0.1) is 0 Å². The molecule has 1 aliphatic heterocycles. The first-order valence-corrected chi connectivity index (χ1v) is 13.5. The monoisotopic (exact) mass is 523 g/mol. The van der Waals surface area contributed by atoms with Crippen LogP contribution < -0.4 is 9.64 Å². The van der Waals surface area contributed by atoms with Crippen molar-refractivity contribution >= 4 is 21.4 Å². The minimum atomic E-state index is -4.56. The normalized spacial score (nSPS) is 23.7. The van der Waals surface area contributed by atoms with Gasteiger partial charge < -0.3 is 9.64 Å². The van der Waals surface area contributed by atoms with E-state index in [0.717, 1.165) is 24.3 Å². The van der Waals surface area contributed by atoms with Crippen molar-refractivity contribution in [2.24, 2.45) is 10.8 Å². The van der Waals surface area contributed by atoms with Crippen LogP contribution in [0.15, 0.2) is 47.4 Å². The van der Waals surface area contributed by atoms with Crippen LogP contribution in [0.1, 0.15) is 65.0 Å². The van der Waals surface area contributed by atoms with Gasteiger partial charge in [-0.25, -0.2) is 8.42 Å². The Morgan fingerprint density at radius 3 is 2.17 bits per heavy atom. The molecule has 1 atom stereocenters. The molecule has 0 saturated heterocycles. The molecule has 36 heavy (non-hydrogen) atoms. The molecule has 2 aromatic carbocycles. The summed E-state index contributed by atoms with van der Waals surface area (Å²) in [6.45, 7) is 10.0. The molecule has 4 rings (SSSR count).